The first kappa shape index (κ1) is 81.5. The average molecular weight is 1580 g/mol. The van der Waals surface area contributed by atoms with Crippen LogP contribution in [0.3, 0.4) is 0 Å². The number of hydrogen-bond acceptors (Lipinski definition) is 26. The van der Waals surface area contributed by atoms with Gasteiger partial charge in [0, 0.05) is 60.9 Å². The number of hydrogen-bond donors (Lipinski definition) is 4. The number of imidazole rings is 2. The van der Waals surface area contributed by atoms with Crippen molar-refractivity contribution in [2.24, 2.45) is 24.4 Å². The first-order valence-electron chi connectivity index (χ1n) is 35.3. The molecule has 36 nitrogen and oxygen atoms in total. The minimum Gasteiger partial charge on any atom is -0.486 e. The Labute approximate surface area is 638 Å². The van der Waals surface area contributed by atoms with Crippen LogP contribution in [0.15, 0.2) is 70.1 Å². The zero-order valence-electron chi connectivity index (χ0n) is 64.3. The molecule has 4 atom stereocenters. The first-order chi connectivity index (χ1) is 50.8. The van der Waals surface area contributed by atoms with E-state index in [0.29, 0.717) is 47.8 Å². The fraction of sp³-hybridized carbons (Fsp3) is 0.571. The number of β-lactam (4-membered cyclic amide) rings is 2. The lowest BCUT2D eigenvalue weighted by atomic mass is 9.84. The number of hydroxylamine groups is 4. The topological polar surface area (TPSA) is 391 Å². The molecule has 0 bridgehead atoms. The van der Waals surface area contributed by atoms with Crippen LogP contribution in [-0.2, 0) is 80.9 Å². The van der Waals surface area contributed by atoms with Crippen molar-refractivity contribution >= 4 is 114 Å². The molecule has 6 aromatic rings. The van der Waals surface area contributed by atoms with Crippen molar-refractivity contribution in [1.29, 1.82) is 0 Å². The number of anilines is 2. The molecule has 0 saturated carbocycles. The summed E-state index contributed by atoms with van der Waals surface area (Å²) in [7, 11) is -1.45. The maximum absolute atomic E-state index is 14.3. The minimum absolute atomic E-state index is 0.0127. The third kappa shape index (κ3) is 20.1. The highest BCUT2D eigenvalue weighted by atomic mass is 32.3. The Kier molecular flexibility index (Phi) is 23.9. The molecule has 10 heterocycles. The van der Waals surface area contributed by atoms with Gasteiger partial charge in [-0.15, -0.1) is 31.2 Å². The van der Waals surface area contributed by atoms with Crippen LogP contribution >= 0.6 is 22.7 Å². The number of carbonyl (C=O) groups is 8. The molecule has 2 unspecified atom stereocenters. The Morgan fingerprint density at radius 1 is 0.550 bits per heavy atom. The second-order valence-corrected chi connectivity index (χ2v) is 34.4. The summed E-state index contributed by atoms with van der Waals surface area (Å²) in [6.45, 7) is 28.2. The van der Waals surface area contributed by atoms with Crippen LogP contribution in [0.25, 0.3) is 11.3 Å². The molecule has 4 aliphatic rings. The number of aryl methyl sites for hydroxylation is 2. The van der Waals surface area contributed by atoms with E-state index >= 15 is 0 Å². The van der Waals surface area contributed by atoms with E-state index < -0.39 is 103 Å². The zero-order chi connectivity index (χ0) is 79.7. The summed E-state index contributed by atoms with van der Waals surface area (Å²) in [5.41, 5.74) is -3.62. The van der Waals surface area contributed by atoms with Gasteiger partial charge in [-0.05, 0) is 149 Å². The SMILES string of the molecule is C[n+]1c(C2CCCN(C(=O)OC(C)(C)C)C2)cn2cc(OCCO/N=C(\C(=O)N[C@@H]3C(=O)N(OS(=O)(=O)ON4C(=O)[C@@H](NC(=O)/C(=N\OCCOc5ccc6n(c5)cc(C5CCCN(C(=O)OC(C)(C)C)C5)[n+]6C)c5csc(NC(=O)OC(C)(C)C)n5)C4(C)C)C3(C)C)c3csc(NC(=O)OC(C)(C)C)n3)ccc21. The highest BCUT2D eigenvalue weighted by Crippen LogP contribution is 2.38. The molecule has 39 heteroatoms. The maximum Gasteiger partial charge on any atom is 0.442 e. The molecule has 6 aromatic heterocycles. The Morgan fingerprint density at radius 2 is 0.917 bits per heavy atom. The van der Waals surface area contributed by atoms with Crippen LogP contribution in [0.1, 0.15) is 171 Å². The molecule has 0 radical (unpaired) electrons. The minimum atomic E-state index is -5.37. The molecule has 0 aliphatic carbocycles. The molecule has 10 rings (SSSR count). The third-order valence-electron chi connectivity index (χ3n) is 17.4. The predicted molar refractivity (Wildman–Crippen MR) is 393 cm³/mol. The zero-order valence-corrected chi connectivity index (χ0v) is 66.8. The average Bonchev–Trinajstić information content (AvgIpc) is 1.49. The van der Waals surface area contributed by atoms with Gasteiger partial charge in [-0.2, -0.15) is 27.3 Å². The summed E-state index contributed by atoms with van der Waals surface area (Å²) in [4.78, 5) is 131. The highest BCUT2D eigenvalue weighted by Gasteiger charge is 2.61. The van der Waals surface area contributed by atoms with Gasteiger partial charge < -0.3 is 58.5 Å². The highest BCUT2D eigenvalue weighted by molar-refractivity contribution is 7.81. The summed E-state index contributed by atoms with van der Waals surface area (Å²) in [6, 6.07) is 4.36. The Bertz CT molecular complexity index is 4350. The predicted octanol–water partition coefficient (Wildman–Crippen LogP) is 7.30. The van der Waals surface area contributed by atoms with Crippen molar-refractivity contribution in [3.63, 3.8) is 0 Å². The van der Waals surface area contributed by atoms with Crippen LogP contribution in [0.4, 0.5) is 29.4 Å². The molecular formula is C70H96N16O20S3+2. The smallest absolute Gasteiger partial charge is 0.442 e. The number of nitrogens with one attached hydrogen (secondary N) is 4. The number of nitrogens with zero attached hydrogens (tertiary/aromatic N) is 12. The fourth-order valence-electron chi connectivity index (χ4n) is 12.4. The number of thiazole rings is 2. The summed E-state index contributed by atoms with van der Waals surface area (Å²) >= 11 is 1.84. The molecular weight excluding hydrogens is 1480 g/mol. The largest absolute Gasteiger partial charge is 0.486 e. The lowest BCUT2D eigenvalue weighted by molar-refractivity contribution is -0.654. The number of carbonyl (C=O) groups excluding carboxylic acids is 8. The van der Waals surface area contributed by atoms with Gasteiger partial charge in [-0.3, -0.25) is 29.8 Å². The number of pyridine rings is 2. The lowest BCUT2D eigenvalue weighted by Crippen LogP contribution is -2.78. The molecule has 0 aromatic carbocycles. The quantitative estimate of drug-likeness (QED) is 0.0115. The Hall–Kier alpha value is -9.99. The number of oxime groups is 2. The number of rotatable bonds is 24. The van der Waals surface area contributed by atoms with Crippen LogP contribution in [-0.4, -0.2) is 205 Å². The number of piperidine rings is 2. The van der Waals surface area contributed by atoms with Crippen molar-refractivity contribution < 1.29 is 103 Å². The summed E-state index contributed by atoms with van der Waals surface area (Å²) < 4.78 is 79.9. The van der Waals surface area contributed by atoms with Crippen molar-refractivity contribution in [2.75, 3.05) is 63.2 Å². The van der Waals surface area contributed by atoms with E-state index in [4.69, 9.17) is 46.7 Å². The fourth-order valence-corrected chi connectivity index (χ4v) is 14.6. The van der Waals surface area contributed by atoms with Gasteiger partial charge in [-0.1, -0.05) is 10.3 Å². The van der Waals surface area contributed by atoms with Gasteiger partial charge in [0.05, 0.1) is 25.2 Å². The van der Waals surface area contributed by atoms with E-state index in [9.17, 15) is 46.8 Å². The normalized spacial score (nSPS) is 19.2. The number of fused-ring (bicyclic) bond motifs is 2. The Balaban J connectivity index is 0.757. The molecule has 592 valence electrons. The molecule has 4 saturated heterocycles. The molecule has 8 amide bonds. The third-order valence-corrected chi connectivity index (χ3v) is 19.6. The van der Waals surface area contributed by atoms with E-state index in [2.05, 4.69) is 50.7 Å². The maximum atomic E-state index is 14.3. The summed E-state index contributed by atoms with van der Waals surface area (Å²) in [6.07, 6.45) is 8.58. The molecule has 4 N–H and O–H groups in total. The van der Waals surface area contributed by atoms with Crippen LogP contribution in [0.2, 0.25) is 0 Å². The number of ether oxygens (including phenoxy) is 6. The van der Waals surface area contributed by atoms with Crippen molar-refractivity contribution in [2.45, 2.75) is 194 Å². The summed E-state index contributed by atoms with van der Waals surface area (Å²) in [5.74, 6) is -3.15. The van der Waals surface area contributed by atoms with Crippen molar-refractivity contribution in [3.8, 4) is 11.5 Å². The van der Waals surface area contributed by atoms with Crippen LogP contribution in [0.5, 0.6) is 11.5 Å². The number of likely N-dealkylation sites (tertiary alicyclic amines) is 2. The second-order valence-electron chi connectivity index (χ2n) is 31.5. The van der Waals surface area contributed by atoms with Gasteiger partial charge in [0.2, 0.25) is 0 Å². The van der Waals surface area contributed by atoms with E-state index in [1.807, 2.05) is 89.0 Å². The molecule has 4 fully saturated rings. The lowest BCUT2D eigenvalue weighted by Gasteiger charge is -2.52. The van der Waals surface area contributed by atoms with Gasteiger partial charge in [0.15, 0.2) is 46.4 Å². The number of amides is 8. The molecule has 4 aliphatic heterocycles. The number of aromatic nitrogens is 6. The molecule has 109 heavy (non-hydrogen) atoms. The van der Waals surface area contributed by atoms with Crippen LogP contribution < -0.4 is 39.9 Å². The van der Waals surface area contributed by atoms with Gasteiger partial charge in [-0.25, -0.2) is 38.3 Å². The first-order valence-corrected chi connectivity index (χ1v) is 38.4. The van der Waals surface area contributed by atoms with Crippen molar-refractivity contribution in [3.05, 3.63) is 82.6 Å². The standard InChI is InChI=1S/C70H94N16O20S3/c1-65(2,3)101-61(91)75-59-71-45(39-107-59)51(77-99-31-29-97-43-23-25-49-79(17)47(37-83(49)35-43)41-21-19-27-81(33-41)63(93)103-67(7,8)9)55(87)73-53-57(89)85(69(53,13)14)105-109(95,96)106-86-58(90)54(70(86,15)16)74-56(88)52(46-40-108-60(72-46)76-62(92)102-66(4,5)6)78-100-32-30-98-44-24-26-50-80(18)48(38-84(50)36-44)42-22-20-28-82(34-42)64(94)104-68(10,11)12/h23-26,35-42,53-54H,19-22,27-34H2,1-18H3,(H2-2,71,72,73,74,75,76,87,88,91,92)/p+2/b77-51-,78-52-/t41?,42?,53-,54-/m1/s1. The second kappa shape index (κ2) is 31.9. The van der Waals surface area contributed by atoms with E-state index in [1.54, 1.807) is 75.9 Å². The Morgan fingerprint density at radius 3 is 1.27 bits per heavy atom. The van der Waals surface area contributed by atoms with E-state index in [-0.39, 0.29) is 72.1 Å². The monoisotopic (exact) mass is 1580 g/mol. The van der Waals surface area contributed by atoms with E-state index in [1.165, 1.54) is 38.5 Å². The van der Waals surface area contributed by atoms with Gasteiger partial charge in [0.25, 0.3) is 34.9 Å². The van der Waals surface area contributed by atoms with Gasteiger partial charge in [0.1, 0.15) is 95.3 Å². The summed E-state index contributed by atoms with van der Waals surface area (Å²) in [5, 5.41) is 21.9. The molecule has 0 spiro atoms. The van der Waals surface area contributed by atoms with Crippen molar-refractivity contribution in [1.82, 2.24) is 49.3 Å². The van der Waals surface area contributed by atoms with Crippen LogP contribution in [0, 0.1) is 0 Å². The van der Waals surface area contributed by atoms with Gasteiger partial charge >= 0.3 is 34.8 Å². The van der Waals surface area contributed by atoms with E-state index in [0.717, 1.165) is 71.0 Å².